The van der Waals surface area contributed by atoms with Crippen LogP contribution in [-0.4, -0.2) is 34.5 Å². The maximum atomic E-state index is 12.8. The molecule has 0 saturated heterocycles. The van der Waals surface area contributed by atoms with Gasteiger partial charge in [-0.05, 0) is 31.0 Å². The van der Waals surface area contributed by atoms with E-state index in [9.17, 15) is 24.9 Å². The number of benzene rings is 1. The predicted octanol–water partition coefficient (Wildman–Crippen LogP) is 0.475. The van der Waals surface area contributed by atoms with E-state index in [-0.39, 0.29) is 40.9 Å². The molecule has 0 saturated carbocycles. The Morgan fingerprint density at radius 1 is 1.43 bits per heavy atom. The average molecular weight is 320 g/mol. The number of hydrogen-bond acceptors (Lipinski definition) is 7. The lowest BCUT2D eigenvalue weighted by atomic mass is 9.79. The summed E-state index contributed by atoms with van der Waals surface area (Å²) in [5.74, 6) is -1.36. The van der Waals surface area contributed by atoms with Crippen molar-refractivity contribution in [2.45, 2.75) is 31.5 Å². The molecule has 2 aromatic rings. The Kier molecular flexibility index (Phi) is 3.42. The maximum absolute atomic E-state index is 12.8. The van der Waals surface area contributed by atoms with Crippen molar-refractivity contribution in [2.75, 3.05) is 7.11 Å². The van der Waals surface area contributed by atoms with E-state index < -0.39 is 23.1 Å². The molecule has 7 nitrogen and oxygen atoms in total. The van der Waals surface area contributed by atoms with Crippen molar-refractivity contribution in [3.8, 4) is 5.75 Å². The summed E-state index contributed by atoms with van der Waals surface area (Å²) in [6.07, 6.45) is -1.30. The molecule has 122 valence electrons. The van der Waals surface area contributed by atoms with E-state index in [0.29, 0.717) is 5.56 Å². The number of esters is 1. The minimum absolute atomic E-state index is 0.0326. The molecule has 1 aliphatic carbocycles. The van der Waals surface area contributed by atoms with Gasteiger partial charge in [0.2, 0.25) is 11.0 Å². The van der Waals surface area contributed by atoms with Gasteiger partial charge in [0.1, 0.15) is 22.5 Å². The predicted molar refractivity (Wildman–Crippen MR) is 79.1 cm³/mol. The Bertz CT molecular complexity index is 867. The third-order valence-electron chi connectivity index (χ3n) is 4.20. The summed E-state index contributed by atoms with van der Waals surface area (Å²) in [6.45, 7) is 1.73. The Morgan fingerprint density at radius 2 is 2.13 bits per heavy atom. The number of hydrogen-bond donors (Lipinski definition) is 3. The van der Waals surface area contributed by atoms with Crippen molar-refractivity contribution in [1.29, 1.82) is 0 Å². The topological polar surface area (TPSA) is 117 Å². The van der Waals surface area contributed by atoms with Gasteiger partial charge in [0.25, 0.3) is 0 Å². The molecular formula is C16H16O7. The van der Waals surface area contributed by atoms with Crippen LogP contribution < -0.4 is 5.43 Å². The van der Waals surface area contributed by atoms with Crippen LogP contribution in [0.2, 0.25) is 0 Å². The number of aryl methyl sites for hydroxylation is 2. The van der Waals surface area contributed by atoms with Gasteiger partial charge in [0, 0.05) is 6.42 Å². The van der Waals surface area contributed by atoms with Crippen molar-refractivity contribution in [1.82, 2.24) is 0 Å². The number of phenols is 1. The largest absolute Gasteiger partial charge is 0.507 e. The highest BCUT2D eigenvalue weighted by Crippen LogP contribution is 2.37. The smallest absolute Gasteiger partial charge is 0.345 e. The molecule has 2 atom stereocenters. The molecule has 3 N–H and O–H groups in total. The van der Waals surface area contributed by atoms with Gasteiger partial charge in [-0.15, -0.1) is 0 Å². The number of methoxy groups -OCH3 is 1. The molecule has 0 bridgehead atoms. The highest BCUT2D eigenvalue weighted by Gasteiger charge is 2.53. The summed E-state index contributed by atoms with van der Waals surface area (Å²) < 4.78 is 10.2. The van der Waals surface area contributed by atoms with Gasteiger partial charge in [-0.1, -0.05) is 0 Å². The van der Waals surface area contributed by atoms with Gasteiger partial charge in [-0.3, -0.25) is 4.79 Å². The van der Waals surface area contributed by atoms with Gasteiger partial charge >= 0.3 is 5.97 Å². The summed E-state index contributed by atoms with van der Waals surface area (Å²) in [5, 5.41) is 30.7. The van der Waals surface area contributed by atoms with E-state index in [0.717, 1.165) is 7.11 Å². The second-order valence-corrected chi connectivity index (χ2v) is 5.70. The summed E-state index contributed by atoms with van der Waals surface area (Å²) in [4.78, 5) is 24.8. The lowest BCUT2D eigenvalue weighted by molar-refractivity contribution is -0.180. The minimum atomic E-state index is -2.52. The third-order valence-corrected chi connectivity index (χ3v) is 4.20. The van der Waals surface area contributed by atoms with E-state index in [1.54, 1.807) is 13.0 Å². The van der Waals surface area contributed by atoms with Crippen molar-refractivity contribution in [2.24, 2.45) is 0 Å². The molecule has 7 heteroatoms. The molecule has 1 heterocycles. The van der Waals surface area contributed by atoms with Crippen LogP contribution in [0.25, 0.3) is 11.0 Å². The molecule has 1 aliphatic rings. The van der Waals surface area contributed by atoms with Crippen LogP contribution in [0.1, 0.15) is 23.3 Å². The fraction of sp³-hybridized carbons (Fsp3) is 0.375. The van der Waals surface area contributed by atoms with E-state index in [4.69, 9.17) is 4.42 Å². The van der Waals surface area contributed by atoms with Gasteiger partial charge in [-0.25, -0.2) is 4.79 Å². The Labute approximate surface area is 130 Å². The van der Waals surface area contributed by atoms with Crippen molar-refractivity contribution < 1.29 is 29.3 Å². The monoisotopic (exact) mass is 320 g/mol. The number of fused-ring (bicyclic) bond motifs is 2. The van der Waals surface area contributed by atoms with Gasteiger partial charge in [0.05, 0.1) is 18.8 Å². The molecule has 0 radical (unpaired) electrons. The molecule has 1 aromatic heterocycles. The number of aliphatic hydroxyl groups excluding tert-OH is 1. The first-order chi connectivity index (χ1) is 10.8. The van der Waals surface area contributed by atoms with E-state index in [2.05, 4.69) is 4.74 Å². The SMILES string of the molecule is COC(=O)[C@@]1(O)c2c(oc3cc(C)cc(O)c3c2=O)CC[C@@H]1O. The summed E-state index contributed by atoms with van der Waals surface area (Å²) in [6, 6.07) is 2.96. The number of carbonyl (C=O) groups is 1. The molecule has 0 spiro atoms. The Balaban J connectivity index is 2.43. The van der Waals surface area contributed by atoms with Crippen LogP contribution in [0.5, 0.6) is 5.75 Å². The molecule has 0 amide bonds. The number of rotatable bonds is 1. The number of aromatic hydroxyl groups is 1. The molecule has 3 rings (SSSR count). The standard InChI is InChI=1S/C16H16O7/c1-7-5-8(17)12-10(6-7)23-9-3-4-11(18)16(21,15(20)22-2)13(9)14(12)19/h5-6,11,17-18,21H,3-4H2,1-2H3/t11-,16-/m0/s1. The fourth-order valence-corrected chi connectivity index (χ4v) is 3.08. The number of ether oxygens (including phenoxy) is 1. The lowest BCUT2D eigenvalue weighted by Crippen LogP contribution is -2.53. The van der Waals surface area contributed by atoms with Gasteiger partial charge in [-0.2, -0.15) is 0 Å². The molecule has 23 heavy (non-hydrogen) atoms. The molecule has 0 fully saturated rings. The molecule has 1 aromatic carbocycles. The highest BCUT2D eigenvalue weighted by atomic mass is 16.5. The second kappa shape index (κ2) is 5.07. The Morgan fingerprint density at radius 3 is 2.78 bits per heavy atom. The first-order valence-corrected chi connectivity index (χ1v) is 7.09. The van der Waals surface area contributed by atoms with Crippen LogP contribution in [0.15, 0.2) is 21.3 Å². The third kappa shape index (κ3) is 2.04. The van der Waals surface area contributed by atoms with Gasteiger partial charge < -0.3 is 24.5 Å². The van der Waals surface area contributed by atoms with Gasteiger partial charge in [0.15, 0.2) is 0 Å². The molecular weight excluding hydrogens is 304 g/mol. The zero-order valence-corrected chi connectivity index (χ0v) is 12.6. The van der Waals surface area contributed by atoms with Crippen LogP contribution in [0, 0.1) is 6.92 Å². The quantitative estimate of drug-likeness (QED) is 0.654. The van der Waals surface area contributed by atoms with E-state index in [1.807, 2.05) is 0 Å². The second-order valence-electron chi connectivity index (χ2n) is 5.70. The lowest BCUT2D eigenvalue weighted by Gasteiger charge is -2.34. The first kappa shape index (κ1) is 15.5. The van der Waals surface area contributed by atoms with Crippen molar-refractivity contribution >= 4 is 16.9 Å². The fourth-order valence-electron chi connectivity index (χ4n) is 3.08. The average Bonchev–Trinajstić information content (AvgIpc) is 2.49. The van der Waals surface area contributed by atoms with Crippen LogP contribution in [0.3, 0.4) is 0 Å². The zero-order chi connectivity index (χ0) is 16.9. The van der Waals surface area contributed by atoms with Crippen LogP contribution in [-0.2, 0) is 21.6 Å². The van der Waals surface area contributed by atoms with Crippen LogP contribution >= 0.6 is 0 Å². The van der Waals surface area contributed by atoms with E-state index in [1.165, 1.54) is 6.07 Å². The van der Waals surface area contributed by atoms with E-state index >= 15 is 0 Å². The minimum Gasteiger partial charge on any atom is -0.507 e. The highest BCUT2D eigenvalue weighted by molar-refractivity contribution is 5.88. The van der Waals surface area contributed by atoms with Crippen molar-refractivity contribution in [3.63, 3.8) is 0 Å². The first-order valence-electron chi connectivity index (χ1n) is 7.09. The Hall–Kier alpha value is -2.38. The summed E-state index contributed by atoms with van der Waals surface area (Å²) in [7, 11) is 1.05. The zero-order valence-electron chi connectivity index (χ0n) is 12.6. The summed E-state index contributed by atoms with van der Waals surface area (Å²) >= 11 is 0. The number of aliphatic hydroxyl groups is 2. The van der Waals surface area contributed by atoms with Crippen LogP contribution in [0.4, 0.5) is 0 Å². The van der Waals surface area contributed by atoms with Crippen molar-refractivity contribution in [3.05, 3.63) is 39.2 Å². The molecule has 0 unspecified atom stereocenters. The molecule has 0 aliphatic heterocycles. The number of carbonyl (C=O) groups excluding carboxylic acids is 1. The maximum Gasteiger partial charge on any atom is 0.345 e. The number of phenolic OH excluding ortho intramolecular Hbond substituents is 1. The summed E-state index contributed by atoms with van der Waals surface area (Å²) in [5.41, 5.74) is -2.80. The normalized spacial score (nSPS) is 23.6.